The molecule has 0 aliphatic carbocycles. The molecule has 21 heavy (non-hydrogen) atoms. The summed E-state index contributed by atoms with van der Waals surface area (Å²) in [5.41, 5.74) is 7.50. The van der Waals surface area contributed by atoms with E-state index in [9.17, 15) is 0 Å². The van der Waals surface area contributed by atoms with Crippen LogP contribution in [-0.4, -0.2) is 6.61 Å². The van der Waals surface area contributed by atoms with Crippen molar-refractivity contribution >= 4 is 37.4 Å². The summed E-state index contributed by atoms with van der Waals surface area (Å²) in [5, 5.41) is 1.24. The SMILES string of the molecule is CCOc1ccc(Br)cc1C(N)c1cc2ccccc2s1. The monoisotopic (exact) mass is 361 g/mol. The van der Waals surface area contributed by atoms with Crippen LogP contribution in [0.3, 0.4) is 0 Å². The molecule has 4 heteroatoms. The van der Waals surface area contributed by atoms with Crippen LogP contribution >= 0.6 is 27.3 Å². The van der Waals surface area contributed by atoms with Crippen LogP contribution in [0.4, 0.5) is 0 Å². The van der Waals surface area contributed by atoms with Crippen molar-refractivity contribution in [1.29, 1.82) is 0 Å². The standard InChI is InChI=1S/C17H16BrNOS/c1-2-20-14-8-7-12(18)10-13(14)17(19)16-9-11-5-3-4-6-15(11)21-16/h3-10,17H,2,19H2,1H3. The van der Waals surface area contributed by atoms with E-state index < -0.39 is 0 Å². The average Bonchev–Trinajstić information content (AvgIpc) is 2.92. The van der Waals surface area contributed by atoms with E-state index in [1.807, 2.05) is 25.1 Å². The quantitative estimate of drug-likeness (QED) is 0.700. The van der Waals surface area contributed by atoms with Gasteiger partial charge in [0.05, 0.1) is 12.6 Å². The minimum atomic E-state index is -0.179. The van der Waals surface area contributed by atoms with Crippen LogP contribution < -0.4 is 10.5 Å². The van der Waals surface area contributed by atoms with Gasteiger partial charge in [0.1, 0.15) is 5.75 Å². The first kappa shape index (κ1) is 14.6. The molecule has 3 rings (SSSR count). The Morgan fingerprint density at radius 3 is 2.76 bits per heavy atom. The third-order valence-corrected chi connectivity index (χ3v) is 5.05. The molecule has 2 nitrogen and oxygen atoms in total. The average molecular weight is 362 g/mol. The van der Waals surface area contributed by atoms with Crippen LogP contribution in [-0.2, 0) is 0 Å². The summed E-state index contributed by atoms with van der Waals surface area (Å²) in [6, 6.07) is 16.3. The topological polar surface area (TPSA) is 35.2 Å². The number of halogens is 1. The van der Waals surface area contributed by atoms with Crippen LogP contribution in [0.2, 0.25) is 0 Å². The van der Waals surface area contributed by atoms with E-state index in [1.54, 1.807) is 11.3 Å². The van der Waals surface area contributed by atoms with Crippen molar-refractivity contribution < 1.29 is 4.74 Å². The molecule has 0 saturated carbocycles. The van der Waals surface area contributed by atoms with Crippen molar-refractivity contribution in [2.24, 2.45) is 5.73 Å². The largest absolute Gasteiger partial charge is 0.494 e. The Kier molecular flexibility index (Phi) is 4.29. The van der Waals surface area contributed by atoms with Gasteiger partial charge in [-0.3, -0.25) is 0 Å². The van der Waals surface area contributed by atoms with Gasteiger partial charge in [-0.05, 0) is 42.6 Å². The maximum absolute atomic E-state index is 6.49. The molecule has 0 aliphatic rings. The number of fused-ring (bicyclic) bond motifs is 1. The van der Waals surface area contributed by atoms with Crippen LogP contribution in [0.15, 0.2) is 53.0 Å². The molecule has 0 fully saturated rings. The van der Waals surface area contributed by atoms with E-state index >= 15 is 0 Å². The molecule has 0 bridgehead atoms. The van der Waals surface area contributed by atoms with Crippen molar-refractivity contribution in [3.63, 3.8) is 0 Å². The van der Waals surface area contributed by atoms with E-state index in [0.717, 1.165) is 20.7 Å². The molecule has 3 aromatic rings. The first-order valence-electron chi connectivity index (χ1n) is 6.85. The Hall–Kier alpha value is -1.36. The Morgan fingerprint density at radius 2 is 2.00 bits per heavy atom. The smallest absolute Gasteiger partial charge is 0.124 e. The Bertz CT molecular complexity index is 735. The summed E-state index contributed by atoms with van der Waals surface area (Å²) in [4.78, 5) is 1.15. The molecule has 0 radical (unpaired) electrons. The lowest BCUT2D eigenvalue weighted by Crippen LogP contribution is -2.12. The highest BCUT2D eigenvalue weighted by molar-refractivity contribution is 9.10. The van der Waals surface area contributed by atoms with Gasteiger partial charge in [0.2, 0.25) is 0 Å². The second-order valence-corrected chi connectivity index (χ2v) is 6.81. The highest BCUT2D eigenvalue weighted by Gasteiger charge is 2.17. The fourth-order valence-electron chi connectivity index (χ4n) is 2.36. The van der Waals surface area contributed by atoms with Gasteiger partial charge in [-0.25, -0.2) is 0 Å². The van der Waals surface area contributed by atoms with Crippen LogP contribution in [0.1, 0.15) is 23.4 Å². The van der Waals surface area contributed by atoms with Gasteiger partial charge < -0.3 is 10.5 Å². The lowest BCUT2D eigenvalue weighted by molar-refractivity contribution is 0.335. The number of ether oxygens (including phenoxy) is 1. The molecule has 0 spiro atoms. The second kappa shape index (κ2) is 6.18. The van der Waals surface area contributed by atoms with Gasteiger partial charge >= 0.3 is 0 Å². The predicted octanol–water partition coefficient (Wildman–Crippen LogP) is 5.11. The zero-order chi connectivity index (χ0) is 14.8. The highest BCUT2D eigenvalue weighted by Crippen LogP contribution is 2.36. The summed E-state index contributed by atoms with van der Waals surface area (Å²) < 4.78 is 7.98. The summed E-state index contributed by atoms with van der Waals surface area (Å²) in [6.07, 6.45) is 0. The molecule has 1 aromatic heterocycles. The van der Waals surface area contributed by atoms with Crippen LogP contribution in [0, 0.1) is 0 Å². The van der Waals surface area contributed by atoms with Gasteiger partial charge in [0.25, 0.3) is 0 Å². The molecular weight excluding hydrogens is 346 g/mol. The predicted molar refractivity (Wildman–Crippen MR) is 93.2 cm³/mol. The van der Waals surface area contributed by atoms with E-state index in [4.69, 9.17) is 10.5 Å². The minimum Gasteiger partial charge on any atom is -0.494 e. The fourth-order valence-corrected chi connectivity index (χ4v) is 3.82. The maximum atomic E-state index is 6.49. The molecule has 0 amide bonds. The number of nitrogens with two attached hydrogens (primary N) is 1. The van der Waals surface area contributed by atoms with E-state index in [1.165, 1.54) is 10.1 Å². The van der Waals surface area contributed by atoms with Crippen LogP contribution in [0.5, 0.6) is 5.75 Å². The number of hydrogen-bond acceptors (Lipinski definition) is 3. The van der Waals surface area contributed by atoms with Crippen molar-refractivity contribution in [3.8, 4) is 5.75 Å². The number of hydrogen-bond donors (Lipinski definition) is 1. The van der Waals surface area contributed by atoms with E-state index in [2.05, 4.69) is 46.3 Å². The third-order valence-electron chi connectivity index (χ3n) is 3.36. The maximum Gasteiger partial charge on any atom is 0.124 e. The normalized spacial score (nSPS) is 12.5. The Labute approximate surface area is 136 Å². The Balaban J connectivity index is 2.04. The van der Waals surface area contributed by atoms with Crippen LogP contribution in [0.25, 0.3) is 10.1 Å². The molecule has 0 aliphatic heterocycles. The molecule has 2 aromatic carbocycles. The van der Waals surface area contributed by atoms with Gasteiger partial charge in [0.15, 0.2) is 0 Å². The van der Waals surface area contributed by atoms with Gasteiger partial charge in [0, 0.05) is 19.6 Å². The van der Waals surface area contributed by atoms with Crippen molar-refractivity contribution in [2.45, 2.75) is 13.0 Å². The molecule has 108 valence electrons. The molecule has 0 saturated heterocycles. The number of thiophene rings is 1. The molecule has 1 unspecified atom stereocenters. The molecule has 1 heterocycles. The molecular formula is C17H16BrNOS. The summed E-state index contributed by atoms with van der Waals surface area (Å²) in [5.74, 6) is 0.852. The lowest BCUT2D eigenvalue weighted by Gasteiger charge is -2.16. The molecule has 1 atom stereocenters. The van der Waals surface area contributed by atoms with Crippen molar-refractivity contribution in [3.05, 3.63) is 63.4 Å². The number of rotatable bonds is 4. The second-order valence-electron chi connectivity index (χ2n) is 4.78. The highest BCUT2D eigenvalue weighted by atomic mass is 79.9. The van der Waals surface area contributed by atoms with E-state index in [-0.39, 0.29) is 6.04 Å². The fraction of sp³-hybridized carbons (Fsp3) is 0.176. The zero-order valence-electron chi connectivity index (χ0n) is 11.7. The van der Waals surface area contributed by atoms with Gasteiger partial charge in [-0.1, -0.05) is 34.1 Å². The third kappa shape index (κ3) is 2.98. The Morgan fingerprint density at radius 1 is 1.19 bits per heavy atom. The first-order chi connectivity index (χ1) is 10.2. The zero-order valence-corrected chi connectivity index (χ0v) is 14.1. The van der Waals surface area contributed by atoms with Gasteiger partial charge in [-0.15, -0.1) is 11.3 Å². The first-order valence-corrected chi connectivity index (χ1v) is 8.46. The van der Waals surface area contributed by atoms with Gasteiger partial charge in [-0.2, -0.15) is 0 Å². The number of benzene rings is 2. The lowest BCUT2D eigenvalue weighted by atomic mass is 10.0. The summed E-state index contributed by atoms with van der Waals surface area (Å²) in [6.45, 7) is 2.62. The van der Waals surface area contributed by atoms with E-state index in [0.29, 0.717) is 6.61 Å². The van der Waals surface area contributed by atoms with Crippen molar-refractivity contribution in [2.75, 3.05) is 6.61 Å². The molecule has 2 N–H and O–H groups in total. The summed E-state index contributed by atoms with van der Waals surface area (Å²) >= 11 is 5.25. The van der Waals surface area contributed by atoms with Crippen molar-refractivity contribution in [1.82, 2.24) is 0 Å². The minimum absolute atomic E-state index is 0.179. The summed E-state index contributed by atoms with van der Waals surface area (Å²) in [7, 11) is 0.